The molecule has 0 aliphatic carbocycles. The quantitative estimate of drug-likeness (QED) is 0.160. The van der Waals surface area contributed by atoms with E-state index in [1.165, 1.54) is 0 Å². The van der Waals surface area contributed by atoms with Crippen LogP contribution in [0.3, 0.4) is 0 Å². The van der Waals surface area contributed by atoms with Crippen LogP contribution in [0.4, 0.5) is 0 Å². The summed E-state index contributed by atoms with van der Waals surface area (Å²) in [6, 6.07) is 0. The van der Waals surface area contributed by atoms with E-state index in [0.29, 0.717) is 0 Å². The molecule has 0 unspecified atom stereocenters. The minimum absolute atomic E-state index is 0. The molecule has 0 saturated heterocycles. The van der Waals surface area contributed by atoms with Crippen molar-refractivity contribution in [2.75, 3.05) is 0 Å². The fourth-order valence-electron chi connectivity index (χ4n) is 0. The average molecular weight is 1260 g/mol. The molecule has 0 saturated carbocycles. The molecule has 0 fully saturated rings. The topological polar surface area (TPSA) is 652 Å². The first-order valence-electron chi connectivity index (χ1n) is 4.29. The first-order valence-corrected chi connectivity index (χ1v) is 12.9. The predicted molar refractivity (Wildman–Crippen MR) is 81.7 cm³/mol. The van der Waals surface area contributed by atoms with Crippen molar-refractivity contribution in [2.24, 2.45) is 0 Å². The van der Waals surface area contributed by atoms with Gasteiger partial charge in [-0.25, -0.2) is 0 Å². The third kappa shape index (κ3) is 3740. The molecule has 0 rings (SSSR count). The van der Waals surface area contributed by atoms with Gasteiger partial charge in [0.25, 0.3) is 0 Å². The number of halogens is 7. The van der Waals surface area contributed by atoms with Gasteiger partial charge in [0.15, 0.2) is 0 Å². The van der Waals surface area contributed by atoms with Crippen molar-refractivity contribution >= 4 is 134 Å². The maximum Gasteiger partial charge on any atom is 3.00 e. The minimum atomic E-state index is -3.63. The first kappa shape index (κ1) is 278. The van der Waals surface area contributed by atoms with Crippen LogP contribution < -0.4 is 306 Å². The Bertz CT molecular complexity index is 392. The molecule has 0 atom stereocenters. The molecule has 7 N–H and O–H groups in total. The SMILES string of the molecule is O=[Si]([O-])[O-].O=[Si]([O-])[O-].O=[Si]([O-])[O-].O=[Si]([O-])[O-].O=[Si]([O-])[O-].O=[Si]([O-])[O-].O=[Si]([O-])[O-].[Al+3].[Al+3].[Al+3].[Al+3].[Cr+3].[Cr+3].[Cr+3].[Cr+3].[F-].[F-].[F-].[F-].[F-].[F-].[F-].[K+].[K+].[K+].[K+].[OH-].[OH-].[OH-].[OH-].[OH-].[OH-].[OH-]. The van der Waals surface area contributed by atoms with Gasteiger partial charge in [0.05, 0.1) is 0 Å². The van der Waals surface area contributed by atoms with Crippen LogP contribution in [0, 0.1) is 0 Å². The van der Waals surface area contributed by atoms with E-state index in [9.17, 15) is 0 Å². The Balaban J connectivity index is -0.00000000285. The average Bonchev–Trinajstić information content (AvgIpc) is 2.20. The zero-order valence-electron chi connectivity index (χ0n) is 25.8. The molecule has 54 heteroatoms. The monoisotopic (exact) mass is 1260 g/mol. The van der Waals surface area contributed by atoms with E-state index in [-0.39, 0.29) is 416 Å². The molecular formula is H7Al4Cr4F7K4O28Si7. The van der Waals surface area contributed by atoms with Gasteiger partial charge >= 0.3 is 344 Å². The first-order chi connectivity index (χ1) is 12.1. The van der Waals surface area contributed by atoms with Crippen molar-refractivity contribution in [3.8, 4) is 0 Å². The summed E-state index contributed by atoms with van der Waals surface area (Å²) >= 11 is 0. The molecule has 0 aromatic carbocycles. The second-order valence-electron chi connectivity index (χ2n) is 1.75. The molecule has 0 bridgehead atoms. The summed E-state index contributed by atoms with van der Waals surface area (Å²) in [7, 11) is -25.4. The smallest absolute Gasteiger partial charge is 1.00 e. The number of hydrogen-bond acceptors (Lipinski definition) is 28. The minimum Gasteiger partial charge on any atom is -1.00 e. The second kappa shape index (κ2) is 264. The zero-order valence-corrected chi connectivity index (χ0v) is 55.0. The molecule has 0 aliphatic heterocycles. The van der Waals surface area contributed by atoms with E-state index in [4.69, 9.17) is 98.4 Å². The van der Waals surface area contributed by atoms with Crippen LogP contribution in [0.25, 0.3) is 0 Å². The molecule has 292 valence electrons. The molecule has 0 aliphatic rings. The summed E-state index contributed by atoms with van der Waals surface area (Å²) in [4.78, 5) is 119. The van der Waals surface area contributed by atoms with Crippen molar-refractivity contribution in [1.29, 1.82) is 0 Å². The molecule has 0 spiro atoms. The summed E-state index contributed by atoms with van der Waals surface area (Å²) < 4.78 is 59.6. The fraction of sp³-hybridized carbons (Fsp3) is 0. The van der Waals surface area contributed by atoms with Gasteiger partial charge in [0, 0.05) is 64.2 Å². The molecule has 54 heavy (non-hydrogen) atoms. The Morgan fingerprint density at radius 1 is 0.204 bits per heavy atom. The number of rotatable bonds is 0. The van der Waals surface area contributed by atoms with Crippen LogP contribution in [0.5, 0.6) is 0 Å². The van der Waals surface area contributed by atoms with Gasteiger partial charge in [-0.15, -0.1) is 0 Å². The van der Waals surface area contributed by atoms with Gasteiger partial charge in [-0.3, -0.25) is 0 Å². The molecule has 0 amide bonds. The van der Waals surface area contributed by atoms with Gasteiger partial charge < -0.3 is 170 Å². The van der Waals surface area contributed by atoms with E-state index in [1.807, 2.05) is 0 Å². The Hall–Kier alpha value is 7.35. The molecule has 0 aromatic heterocycles. The molecular weight excluding hydrogens is 1250 g/mol. The van der Waals surface area contributed by atoms with E-state index < -0.39 is 64.2 Å². The van der Waals surface area contributed by atoms with Crippen molar-refractivity contribution in [2.45, 2.75) is 0 Å². The van der Waals surface area contributed by atoms with Crippen LogP contribution in [0.15, 0.2) is 0 Å². The van der Waals surface area contributed by atoms with Crippen molar-refractivity contribution < 1.29 is 445 Å². The Labute approximate surface area is 565 Å². The third-order valence-corrected chi connectivity index (χ3v) is 0. The van der Waals surface area contributed by atoms with Gasteiger partial charge in [0.1, 0.15) is 0 Å². The van der Waals surface area contributed by atoms with Gasteiger partial charge in [-0.1, -0.05) is 0 Å². The Morgan fingerprint density at radius 2 is 0.204 bits per heavy atom. The van der Waals surface area contributed by atoms with Gasteiger partial charge in [0.2, 0.25) is 0 Å². The molecule has 0 aromatic rings. The number of hydrogen-bond donors (Lipinski definition) is 0. The fourth-order valence-corrected chi connectivity index (χ4v) is 0. The van der Waals surface area contributed by atoms with Crippen LogP contribution >= 0.6 is 0 Å². The Morgan fingerprint density at radius 3 is 0.204 bits per heavy atom. The molecule has 4 radical (unpaired) electrons. The van der Waals surface area contributed by atoms with Gasteiger partial charge in [-0.05, 0) is 0 Å². The molecule has 28 nitrogen and oxygen atoms in total. The van der Waals surface area contributed by atoms with Crippen LogP contribution in [-0.2, 0) is 101 Å². The maximum absolute atomic E-state index is 8.52. The van der Waals surface area contributed by atoms with E-state index in [0.717, 1.165) is 0 Å². The normalized spacial score (nSPS) is 3.11. The van der Waals surface area contributed by atoms with Crippen molar-refractivity contribution in [3.05, 3.63) is 0 Å². The predicted octanol–water partition coefficient (Wildman–Crippen LogP) is -55.9. The zero-order chi connectivity index (χ0) is 25.0. The maximum atomic E-state index is 8.52. The standard InChI is InChI=1S/4Al.4Cr.7FH.4K.7O3Si.7H2O/c;;;;;;;;;;;;;;;;;;;7*1-4(2)3;;;;;;;/h;;;;;;;;7*1H;;;;;;;;;;;;7*1H2/q8*+3;;;;;;;;4*+1;7*-2;;;;;;;/p-14. The summed E-state index contributed by atoms with van der Waals surface area (Å²) in [6.45, 7) is 0. The largest absolute Gasteiger partial charge is 3.00 e. The summed E-state index contributed by atoms with van der Waals surface area (Å²) in [5.41, 5.74) is 0. The van der Waals surface area contributed by atoms with Crippen molar-refractivity contribution in [3.63, 3.8) is 0 Å². The summed E-state index contributed by atoms with van der Waals surface area (Å²) in [5, 5.41) is 0. The van der Waals surface area contributed by atoms with E-state index in [2.05, 4.69) is 0 Å². The van der Waals surface area contributed by atoms with Gasteiger partial charge in [-0.2, -0.15) is 0 Å². The second-order valence-corrected chi connectivity index (χ2v) is 5.25. The van der Waals surface area contributed by atoms with E-state index in [1.54, 1.807) is 0 Å². The van der Waals surface area contributed by atoms with E-state index >= 15 is 0 Å². The summed E-state index contributed by atoms with van der Waals surface area (Å²) in [5.74, 6) is 0. The Kier molecular flexibility index (Phi) is 1360. The summed E-state index contributed by atoms with van der Waals surface area (Å²) in [6.07, 6.45) is 0. The van der Waals surface area contributed by atoms with Crippen molar-refractivity contribution in [1.82, 2.24) is 0 Å². The van der Waals surface area contributed by atoms with Crippen LogP contribution in [-0.4, -0.2) is 172 Å². The van der Waals surface area contributed by atoms with Crippen LogP contribution in [0.2, 0.25) is 0 Å². The van der Waals surface area contributed by atoms with Crippen LogP contribution in [0.1, 0.15) is 0 Å². The molecule has 0 heterocycles. The third-order valence-electron chi connectivity index (χ3n) is 0.